The molecule has 0 bridgehead atoms. The van der Waals surface area contributed by atoms with E-state index in [1.165, 1.54) is 18.4 Å². The molecule has 1 saturated heterocycles. The second-order valence-corrected chi connectivity index (χ2v) is 11.4. The standard InChI is InChI=1S/C34H35N7O2/c1-2-40-15-11-22(12-16-40)23-7-8-30(37-18-23)31-17-28-26(9-13-35-32(28)38-31)27-10-14-36-33(29(27)21-42)39-34(43)41-19-24-5-3-4-6-25(24)20-41/h3-10,13-14,17-18,22,42H,2,11-12,15-16,19-21H2,1H3,(H,35,38)(H,36,39,43). The van der Waals surface area contributed by atoms with Gasteiger partial charge < -0.3 is 19.9 Å². The van der Waals surface area contributed by atoms with Gasteiger partial charge in [-0.25, -0.2) is 14.8 Å². The van der Waals surface area contributed by atoms with Gasteiger partial charge >= 0.3 is 6.03 Å². The number of aromatic nitrogens is 4. The number of urea groups is 1. The number of pyridine rings is 3. The van der Waals surface area contributed by atoms with Gasteiger partial charge in [-0.05, 0) is 90.5 Å². The summed E-state index contributed by atoms with van der Waals surface area (Å²) in [7, 11) is 0. The average molecular weight is 574 g/mol. The molecular formula is C34H35N7O2. The molecule has 1 fully saturated rings. The van der Waals surface area contributed by atoms with Crippen LogP contribution in [0.5, 0.6) is 0 Å². The minimum Gasteiger partial charge on any atom is -0.392 e. The lowest BCUT2D eigenvalue weighted by atomic mass is 9.90. The molecule has 0 aliphatic carbocycles. The first-order valence-corrected chi connectivity index (χ1v) is 15.0. The smallest absolute Gasteiger partial charge is 0.323 e. The number of nitrogens with zero attached hydrogens (tertiary/aromatic N) is 5. The molecule has 1 aromatic carbocycles. The highest BCUT2D eigenvalue weighted by molar-refractivity contribution is 5.98. The summed E-state index contributed by atoms with van der Waals surface area (Å²) in [6.07, 6.45) is 7.76. The molecule has 6 heterocycles. The fourth-order valence-corrected chi connectivity index (χ4v) is 6.46. The van der Waals surface area contributed by atoms with Crippen LogP contribution in [0.2, 0.25) is 0 Å². The van der Waals surface area contributed by atoms with Gasteiger partial charge in [-0.15, -0.1) is 0 Å². The molecule has 9 heteroatoms. The van der Waals surface area contributed by atoms with Gasteiger partial charge in [0.05, 0.1) is 18.0 Å². The van der Waals surface area contributed by atoms with Gasteiger partial charge in [0.15, 0.2) is 0 Å². The number of carbonyl (C=O) groups excluding carboxylic acids is 1. The third kappa shape index (κ3) is 5.26. The first kappa shape index (κ1) is 27.2. The first-order chi connectivity index (χ1) is 21.1. The van der Waals surface area contributed by atoms with Crippen molar-refractivity contribution in [2.75, 3.05) is 25.0 Å². The lowest BCUT2D eigenvalue weighted by molar-refractivity contribution is 0.212. The Bertz CT molecular complexity index is 1750. The van der Waals surface area contributed by atoms with Crippen LogP contribution in [0.3, 0.4) is 0 Å². The lowest BCUT2D eigenvalue weighted by Gasteiger charge is -2.31. The number of carbonyl (C=O) groups is 1. The number of aliphatic hydroxyl groups is 1. The Balaban J connectivity index is 1.14. The van der Waals surface area contributed by atoms with E-state index in [-0.39, 0.29) is 12.6 Å². The highest BCUT2D eigenvalue weighted by Crippen LogP contribution is 2.35. The summed E-state index contributed by atoms with van der Waals surface area (Å²) in [5.41, 5.74) is 8.28. The number of hydrogen-bond acceptors (Lipinski definition) is 6. The number of rotatable bonds is 6. The Morgan fingerprint density at radius 2 is 1.72 bits per heavy atom. The Labute approximate surface area is 250 Å². The second kappa shape index (κ2) is 11.6. The van der Waals surface area contributed by atoms with E-state index in [1.54, 1.807) is 17.3 Å². The van der Waals surface area contributed by atoms with E-state index in [0.29, 0.717) is 30.4 Å². The van der Waals surface area contributed by atoms with Crippen LogP contribution >= 0.6 is 0 Å². The topological polar surface area (TPSA) is 110 Å². The minimum atomic E-state index is -0.277. The number of aliphatic hydroxyl groups excluding tert-OH is 1. The summed E-state index contributed by atoms with van der Waals surface area (Å²) >= 11 is 0. The third-order valence-corrected chi connectivity index (χ3v) is 8.96. The van der Waals surface area contributed by atoms with Crippen LogP contribution in [-0.2, 0) is 19.7 Å². The normalized spacial score (nSPS) is 15.6. The molecule has 0 saturated carbocycles. The Hall–Kier alpha value is -4.60. The van der Waals surface area contributed by atoms with Crippen molar-refractivity contribution in [2.45, 2.75) is 45.4 Å². The highest BCUT2D eigenvalue weighted by atomic mass is 16.3. The SMILES string of the molecule is CCN1CCC(c2ccc(-c3cc4c(-c5ccnc(NC(=O)N6Cc7ccccc7C6)c5CO)ccnc4[nH]3)nc2)CC1. The summed E-state index contributed by atoms with van der Waals surface area (Å²) in [6, 6.07) is 17.9. The number of likely N-dealkylation sites (tertiary alicyclic amines) is 1. The average Bonchev–Trinajstić information content (AvgIpc) is 3.70. The highest BCUT2D eigenvalue weighted by Gasteiger charge is 2.25. The van der Waals surface area contributed by atoms with E-state index in [0.717, 1.165) is 64.3 Å². The van der Waals surface area contributed by atoms with E-state index in [4.69, 9.17) is 4.98 Å². The summed E-state index contributed by atoms with van der Waals surface area (Å²) < 4.78 is 0. The second-order valence-electron chi connectivity index (χ2n) is 11.4. The maximum Gasteiger partial charge on any atom is 0.323 e. The van der Waals surface area contributed by atoms with Gasteiger partial charge in [0.2, 0.25) is 0 Å². The summed E-state index contributed by atoms with van der Waals surface area (Å²) in [6.45, 7) is 6.43. The Morgan fingerprint density at radius 1 is 0.977 bits per heavy atom. The maximum absolute atomic E-state index is 13.2. The number of anilines is 1. The third-order valence-electron chi connectivity index (χ3n) is 8.96. The summed E-state index contributed by atoms with van der Waals surface area (Å²) in [5.74, 6) is 0.906. The summed E-state index contributed by atoms with van der Waals surface area (Å²) in [4.78, 5) is 34.7. The van der Waals surface area contributed by atoms with Crippen molar-refractivity contribution >= 4 is 22.9 Å². The predicted molar refractivity (Wildman–Crippen MR) is 167 cm³/mol. The number of nitrogens with one attached hydrogen (secondary N) is 2. The van der Waals surface area contributed by atoms with Crippen molar-refractivity contribution in [3.63, 3.8) is 0 Å². The molecular weight excluding hydrogens is 538 g/mol. The number of benzene rings is 1. The monoisotopic (exact) mass is 573 g/mol. The van der Waals surface area contributed by atoms with Gasteiger partial charge in [-0.3, -0.25) is 10.3 Å². The van der Waals surface area contributed by atoms with Crippen LogP contribution in [0.4, 0.5) is 10.6 Å². The molecule has 2 amide bonds. The van der Waals surface area contributed by atoms with Gasteiger partial charge in [-0.2, -0.15) is 0 Å². The van der Waals surface area contributed by atoms with Crippen LogP contribution in [0.25, 0.3) is 33.5 Å². The number of amides is 2. The predicted octanol–water partition coefficient (Wildman–Crippen LogP) is 5.93. The van der Waals surface area contributed by atoms with Gasteiger partial charge in [0.25, 0.3) is 0 Å². The van der Waals surface area contributed by atoms with Crippen molar-refractivity contribution in [3.05, 3.63) is 95.4 Å². The molecule has 0 unspecified atom stereocenters. The van der Waals surface area contributed by atoms with Crippen LogP contribution in [0.15, 0.2) is 73.2 Å². The van der Waals surface area contributed by atoms with Crippen molar-refractivity contribution < 1.29 is 9.90 Å². The van der Waals surface area contributed by atoms with E-state index < -0.39 is 0 Å². The number of H-pyrrole nitrogens is 1. The zero-order valence-corrected chi connectivity index (χ0v) is 24.3. The van der Waals surface area contributed by atoms with Crippen molar-refractivity contribution in [1.82, 2.24) is 29.7 Å². The van der Waals surface area contributed by atoms with Crippen molar-refractivity contribution in [3.8, 4) is 22.5 Å². The molecule has 218 valence electrons. The first-order valence-electron chi connectivity index (χ1n) is 15.0. The van der Waals surface area contributed by atoms with Crippen molar-refractivity contribution in [1.29, 1.82) is 0 Å². The van der Waals surface area contributed by atoms with E-state index in [2.05, 4.69) is 50.3 Å². The fourth-order valence-electron chi connectivity index (χ4n) is 6.46. The van der Waals surface area contributed by atoms with Crippen LogP contribution in [0.1, 0.15) is 47.9 Å². The number of aromatic amines is 1. The molecule has 43 heavy (non-hydrogen) atoms. The van der Waals surface area contributed by atoms with Gasteiger partial charge in [-0.1, -0.05) is 37.3 Å². The lowest BCUT2D eigenvalue weighted by Crippen LogP contribution is -2.32. The van der Waals surface area contributed by atoms with Crippen LogP contribution in [0, 0.1) is 0 Å². The minimum absolute atomic E-state index is 0.246. The molecule has 7 rings (SSSR count). The molecule has 0 radical (unpaired) electrons. The zero-order chi connectivity index (χ0) is 29.3. The van der Waals surface area contributed by atoms with E-state index in [9.17, 15) is 9.90 Å². The molecule has 2 aliphatic rings. The van der Waals surface area contributed by atoms with Gasteiger partial charge in [0, 0.05) is 42.6 Å². The largest absolute Gasteiger partial charge is 0.392 e. The number of piperidine rings is 1. The number of hydrogen-bond donors (Lipinski definition) is 3. The molecule has 2 aliphatic heterocycles. The van der Waals surface area contributed by atoms with E-state index >= 15 is 0 Å². The molecule has 0 spiro atoms. The quantitative estimate of drug-likeness (QED) is 0.232. The molecule has 3 N–H and O–H groups in total. The molecule has 5 aromatic rings. The van der Waals surface area contributed by atoms with E-state index in [1.807, 2.05) is 42.6 Å². The van der Waals surface area contributed by atoms with Gasteiger partial charge in [0.1, 0.15) is 11.5 Å². The Kier molecular flexibility index (Phi) is 7.34. The maximum atomic E-state index is 13.2. The number of fused-ring (bicyclic) bond motifs is 2. The fraction of sp³-hybridized carbons (Fsp3) is 0.294. The Morgan fingerprint density at radius 3 is 2.42 bits per heavy atom. The molecule has 0 atom stereocenters. The molecule has 4 aromatic heterocycles. The molecule has 9 nitrogen and oxygen atoms in total. The zero-order valence-electron chi connectivity index (χ0n) is 24.3. The van der Waals surface area contributed by atoms with Crippen LogP contribution in [-0.4, -0.2) is 60.5 Å². The summed E-state index contributed by atoms with van der Waals surface area (Å²) in [5, 5.41) is 14.3. The van der Waals surface area contributed by atoms with Crippen molar-refractivity contribution in [2.24, 2.45) is 0 Å². The van der Waals surface area contributed by atoms with Crippen LogP contribution < -0.4 is 5.32 Å².